The maximum atomic E-state index is 10.9. The van der Waals surface area contributed by atoms with Crippen molar-refractivity contribution in [3.05, 3.63) is 23.8 Å². The van der Waals surface area contributed by atoms with E-state index in [1.54, 1.807) is 6.92 Å². The number of ether oxygens (including phenoxy) is 2. The number of rotatable bonds is 10. The molecule has 0 aliphatic heterocycles. The van der Waals surface area contributed by atoms with Crippen LogP contribution in [0.25, 0.3) is 0 Å². The number of hydrogen-bond donors (Lipinski definition) is 1. The Labute approximate surface area is 132 Å². The lowest BCUT2D eigenvalue weighted by molar-refractivity contribution is -0.141. The summed E-state index contributed by atoms with van der Waals surface area (Å²) in [6, 6.07) is 5.89. The van der Waals surface area contributed by atoms with E-state index in [9.17, 15) is 4.79 Å². The molecule has 5 nitrogen and oxygen atoms in total. The number of aliphatic carboxylic acids is 1. The Morgan fingerprint density at radius 3 is 2.59 bits per heavy atom. The van der Waals surface area contributed by atoms with Gasteiger partial charge in [-0.1, -0.05) is 19.9 Å². The molecule has 0 spiro atoms. The van der Waals surface area contributed by atoms with E-state index in [0.29, 0.717) is 26.3 Å². The van der Waals surface area contributed by atoms with Crippen molar-refractivity contribution in [2.24, 2.45) is 5.92 Å². The minimum Gasteiger partial charge on any atom is -0.490 e. The van der Waals surface area contributed by atoms with Crippen molar-refractivity contribution < 1.29 is 19.4 Å². The summed E-state index contributed by atoms with van der Waals surface area (Å²) >= 11 is 0. The number of benzene rings is 1. The molecule has 0 heterocycles. The lowest BCUT2D eigenvalue weighted by atomic mass is 10.1. The fourth-order valence-corrected chi connectivity index (χ4v) is 2.17. The predicted molar refractivity (Wildman–Crippen MR) is 86.5 cm³/mol. The highest BCUT2D eigenvalue weighted by atomic mass is 16.5. The number of nitrogens with zero attached hydrogens (tertiary/aromatic N) is 1. The Morgan fingerprint density at radius 2 is 2.00 bits per heavy atom. The predicted octanol–water partition coefficient (Wildman–Crippen LogP) is 3.03. The van der Waals surface area contributed by atoms with Gasteiger partial charge in [0.25, 0.3) is 0 Å². The first-order chi connectivity index (χ1) is 10.5. The quantitative estimate of drug-likeness (QED) is 0.720. The van der Waals surface area contributed by atoms with Crippen LogP contribution >= 0.6 is 0 Å². The maximum absolute atomic E-state index is 10.9. The summed E-state index contributed by atoms with van der Waals surface area (Å²) in [7, 11) is 1.92. The standard InChI is InChI=1S/C17H27NO4/c1-5-9-22-15-8-7-14(10-16(15)21-6-2)12-18(4)11-13(3)17(19)20/h7-8,10,13H,5-6,9,11-12H2,1-4H3,(H,19,20). The van der Waals surface area contributed by atoms with Crippen LogP contribution in [0.1, 0.15) is 32.8 Å². The molecule has 5 heteroatoms. The van der Waals surface area contributed by atoms with E-state index < -0.39 is 5.97 Å². The van der Waals surface area contributed by atoms with Crippen LogP contribution in [0.4, 0.5) is 0 Å². The van der Waals surface area contributed by atoms with E-state index in [1.807, 2.05) is 37.1 Å². The third-order valence-corrected chi connectivity index (χ3v) is 3.23. The molecule has 0 saturated carbocycles. The molecule has 0 amide bonds. The molecule has 22 heavy (non-hydrogen) atoms. The average molecular weight is 309 g/mol. The zero-order chi connectivity index (χ0) is 16.5. The van der Waals surface area contributed by atoms with Crippen LogP contribution in [0.15, 0.2) is 18.2 Å². The van der Waals surface area contributed by atoms with Gasteiger partial charge >= 0.3 is 5.97 Å². The zero-order valence-corrected chi connectivity index (χ0v) is 14.0. The number of hydrogen-bond acceptors (Lipinski definition) is 4. The Hall–Kier alpha value is -1.75. The van der Waals surface area contributed by atoms with Crippen molar-refractivity contribution in [1.29, 1.82) is 0 Å². The second-order valence-corrected chi connectivity index (χ2v) is 5.50. The van der Waals surface area contributed by atoms with Crippen LogP contribution < -0.4 is 9.47 Å². The fraction of sp³-hybridized carbons (Fsp3) is 0.588. The van der Waals surface area contributed by atoms with Gasteiger partial charge in [-0.25, -0.2) is 0 Å². The van der Waals surface area contributed by atoms with Gasteiger partial charge in [0.1, 0.15) is 0 Å². The van der Waals surface area contributed by atoms with Gasteiger partial charge in [0, 0.05) is 13.1 Å². The molecule has 0 aliphatic carbocycles. The van der Waals surface area contributed by atoms with E-state index in [2.05, 4.69) is 6.92 Å². The molecule has 1 atom stereocenters. The molecular formula is C17H27NO4. The number of carboxylic acid groups (broad SMARTS) is 1. The highest BCUT2D eigenvalue weighted by Crippen LogP contribution is 2.29. The van der Waals surface area contributed by atoms with Crippen molar-refractivity contribution >= 4 is 5.97 Å². The highest BCUT2D eigenvalue weighted by molar-refractivity contribution is 5.69. The maximum Gasteiger partial charge on any atom is 0.307 e. The molecule has 0 saturated heterocycles. The van der Waals surface area contributed by atoms with E-state index in [-0.39, 0.29) is 5.92 Å². The van der Waals surface area contributed by atoms with Gasteiger partial charge < -0.3 is 19.5 Å². The molecule has 0 aliphatic rings. The van der Waals surface area contributed by atoms with Crippen molar-refractivity contribution in [3.8, 4) is 11.5 Å². The Kier molecular flexibility index (Phi) is 7.74. The molecule has 1 rings (SSSR count). The van der Waals surface area contributed by atoms with Crippen LogP contribution in [0.3, 0.4) is 0 Å². The van der Waals surface area contributed by atoms with Crippen molar-refractivity contribution in [1.82, 2.24) is 4.90 Å². The molecule has 1 aromatic rings. The van der Waals surface area contributed by atoms with Gasteiger partial charge in [0.2, 0.25) is 0 Å². The summed E-state index contributed by atoms with van der Waals surface area (Å²) in [5.74, 6) is 0.343. The largest absolute Gasteiger partial charge is 0.490 e. The molecule has 1 aromatic carbocycles. The van der Waals surface area contributed by atoms with Crippen molar-refractivity contribution in [2.75, 3.05) is 26.8 Å². The van der Waals surface area contributed by atoms with Crippen LogP contribution in [0, 0.1) is 5.92 Å². The molecule has 0 bridgehead atoms. The van der Waals surface area contributed by atoms with E-state index in [0.717, 1.165) is 23.5 Å². The van der Waals surface area contributed by atoms with E-state index in [4.69, 9.17) is 14.6 Å². The first kappa shape index (κ1) is 18.3. The number of carboxylic acids is 1. The summed E-state index contributed by atoms with van der Waals surface area (Å²) in [4.78, 5) is 12.9. The Bertz CT molecular complexity index is 476. The highest BCUT2D eigenvalue weighted by Gasteiger charge is 2.14. The second-order valence-electron chi connectivity index (χ2n) is 5.50. The van der Waals surface area contributed by atoms with Gasteiger partial charge in [0.15, 0.2) is 11.5 Å². The smallest absolute Gasteiger partial charge is 0.307 e. The average Bonchev–Trinajstić information content (AvgIpc) is 2.46. The minimum absolute atomic E-state index is 0.386. The summed E-state index contributed by atoms with van der Waals surface area (Å²) < 4.78 is 11.3. The lowest BCUT2D eigenvalue weighted by Gasteiger charge is -2.20. The van der Waals surface area contributed by atoms with Crippen LogP contribution in [0.2, 0.25) is 0 Å². The molecule has 124 valence electrons. The van der Waals surface area contributed by atoms with Gasteiger partial charge in [-0.05, 0) is 38.1 Å². The molecule has 1 N–H and O–H groups in total. The second kappa shape index (κ2) is 9.30. The summed E-state index contributed by atoms with van der Waals surface area (Å²) in [5.41, 5.74) is 1.08. The molecule has 0 radical (unpaired) electrons. The van der Waals surface area contributed by atoms with Gasteiger partial charge in [0.05, 0.1) is 19.1 Å². The van der Waals surface area contributed by atoms with Crippen LogP contribution in [-0.4, -0.2) is 42.8 Å². The fourth-order valence-electron chi connectivity index (χ4n) is 2.17. The first-order valence-electron chi connectivity index (χ1n) is 7.77. The van der Waals surface area contributed by atoms with Crippen molar-refractivity contribution in [3.63, 3.8) is 0 Å². The lowest BCUT2D eigenvalue weighted by Crippen LogP contribution is -2.28. The summed E-state index contributed by atoms with van der Waals surface area (Å²) in [6.45, 7) is 8.14. The van der Waals surface area contributed by atoms with Crippen LogP contribution in [-0.2, 0) is 11.3 Å². The summed E-state index contributed by atoms with van der Waals surface area (Å²) in [5, 5.41) is 8.97. The van der Waals surface area contributed by atoms with E-state index in [1.165, 1.54) is 0 Å². The zero-order valence-electron chi connectivity index (χ0n) is 14.0. The third kappa shape index (κ3) is 5.93. The monoisotopic (exact) mass is 309 g/mol. The van der Waals surface area contributed by atoms with Crippen molar-refractivity contribution in [2.45, 2.75) is 33.7 Å². The van der Waals surface area contributed by atoms with E-state index >= 15 is 0 Å². The summed E-state index contributed by atoms with van der Waals surface area (Å²) in [6.07, 6.45) is 0.948. The topological polar surface area (TPSA) is 59.0 Å². The SMILES string of the molecule is CCCOc1ccc(CN(C)CC(C)C(=O)O)cc1OCC. The molecule has 0 aromatic heterocycles. The van der Waals surface area contributed by atoms with Gasteiger partial charge in [-0.15, -0.1) is 0 Å². The third-order valence-electron chi connectivity index (χ3n) is 3.23. The number of carbonyl (C=O) groups is 1. The van der Waals surface area contributed by atoms with Crippen LogP contribution in [0.5, 0.6) is 11.5 Å². The van der Waals surface area contributed by atoms with Gasteiger partial charge in [-0.2, -0.15) is 0 Å². The Balaban J connectivity index is 2.74. The first-order valence-corrected chi connectivity index (χ1v) is 7.77. The Morgan fingerprint density at radius 1 is 1.27 bits per heavy atom. The molecular weight excluding hydrogens is 282 g/mol. The van der Waals surface area contributed by atoms with Gasteiger partial charge in [-0.3, -0.25) is 4.79 Å². The normalized spacial score (nSPS) is 12.2. The molecule has 1 unspecified atom stereocenters. The minimum atomic E-state index is -0.773. The molecule has 0 fully saturated rings.